The molecule has 1 N–H and O–H groups in total. The third kappa shape index (κ3) is 3.23. The average Bonchev–Trinajstić information content (AvgIpc) is 3.26. The van der Waals surface area contributed by atoms with Crippen molar-refractivity contribution in [2.75, 3.05) is 6.54 Å². The van der Waals surface area contributed by atoms with Gasteiger partial charge in [0.2, 0.25) is 10.0 Å². The fraction of sp³-hybridized carbons (Fsp3) is 0.389. The molecule has 1 unspecified atom stereocenters. The Morgan fingerprint density at radius 1 is 1.20 bits per heavy atom. The van der Waals surface area contributed by atoms with Gasteiger partial charge in [0.15, 0.2) is 0 Å². The first kappa shape index (κ1) is 16.8. The molecule has 0 saturated heterocycles. The van der Waals surface area contributed by atoms with Crippen molar-refractivity contribution >= 4 is 27.3 Å². The molecule has 132 valence electrons. The van der Waals surface area contributed by atoms with Gasteiger partial charge in [-0.2, -0.15) is 0 Å². The summed E-state index contributed by atoms with van der Waals surface area (Å²) in [7, 11) is -3.48. The predicted octanol–water partition coefficient (Wildman–Crippen LogP) is 2.95. The molecule has 1 amide bonds. The van der Waals surface area contributed by atoms with Crippen LogP contribution in [0.5, 0.6) is 0 Å². The summed E-state index contributed by atoms with van der Waals surface area (Å²) in [5, 5.41) is 2.07. The van der Waals surface area contributed by atoms with E-state index in [9.17, 15) is 13.2 Å². The van der Waals surface area contributed by atoms with Crippen molar-refractivity contribution in [1.82, 2.24) is 9.62 Å². The van der Waals surface area contributed by atoms with Crippen LogP contribution < -0.4 is 4.72 Å². The van der Waals surface area contributed by atoms with Gasteiger partial charge in [-0.05, 0) is 67.5 Å². The smallest absolute Gasteiger partial charge is 0.254 e. The summed E-state index contributed by atoms with van der Waals surface area (Å²) in [6.07, 6.45) is 2.67. The Kier molecular flexibility index (Phi) is 4.17. The van der Waals surface area contributed by atoms with E-state index < -0.39 is 10.0 Å². The Morgan fingerprint density at radius 3 is 2.60 bits per heavy atom. The summed E-state index contributed by atoms with van der Waals surface area (Å²) in [6, 6.07) is 8.45. The minimum atomic E-state index is -3.48. The molecule has 4 rings (SSSR count). The second-order valence-electron chi connectivity index (χ2n) is 6.64. The van der Waals surface area contributed by atoms with Crippen LogP contribution in [0.1, 0.15) is 46.6 Å². The van der Waals surface area contributed by atoms with Crippen molar-refractivity contribution in [2.45, 2.75) is 43.2 Å². The zero-order valence-electron chi connectivity index (χ0n) is 13.9. The van der Waals surface area contributed by atoms with E-state index in [1.165, 1.54) is 22.6 Å². The molecule has 5 nitrogen and oxygen atoms in total. The monoisotopic (exact) mass is 376 g/mol. The standard InChI is InChI=1S/C18H20N2O3S2/c1-12-16-9-11-24-17(16)8-10-20(12)18(21)13-2-6-15(7-3-13)25(22,23)19-14-4-5-14/h2-3,6-7,9,11-12,14,19H,4-5,8,10H2,1H3. The minimum absolute atomic E-state index is 0.0439. The van der Waals surface area contributed by atoms with Crippen LogP contribution in [0.4, 0.5) is 0 Å². The first-order valence-corrected chi connectivity index (χ1v) is 10.8. The molecule has 1 saturated carbocycles. The fourth-order valence-corrected chi connectivity index (χ4v) is 5.49. The van der Waals surface area contributed by atoms with E-state index in [4.69, 9.17) is 0 Å². The lowest BCUT2D eigenvalue weighted by Gasteiger charge is -2.33. The van der Waals surface area contributed by atoms with E-state index in [2.05, 4.69) is 16.2 Å². The molecule has 0 radical (unpaired) electrons. The summed E-state index contributed by atoms with van der Waals surface area (Å²) >= 11 is 1.74. The molecule has 0 spiro atoms. The summed E-state index contributed by atoms with van der Waals surface area (Å²) in [6.45, 7) is 2.73. The van der Waals surface area contributed by atoms with E-state index in [0.29, 0.717) is 12.1 Å². The molecule has 7 heteroatoms. The SMILES string of the molecule is CC1c2ccsc2CCN1C(=O)c1ccc(S(=O)(=O)NC2CC2)cc1. The quantitative estimate of drug-likeness (QED) is 0.892. The van der Waals surface area contributed by atoms with E-state index >= 15 is 0 Å². The highest BCUT2D eigenvalue weighted by Gasteiger charge is 2.30. The molecule has 0 bridgehead atoms. The number of hydrogen-bond acceptors (Lipinski definition) is 4. The summed E-state index contributed by atoms with van der Waals surface area (Å²) < 4.78 is 27.1. The summed E-state index contributed by atoms with van der Waals surface area (Å²) in [5.74, 6) is -0.0524. The number of rotatable bonds is 4. The maximum Gasteiger partial charge on any atom is 0.254 e. The van der Waals surface area contributed by atoms with Gasteiger partial charge in [0.25, 0.3) is 5.91 Å². The zero-order chi connectivity index (χ0) is 17.6. The van der Waals surface area contributed by atoms with Crippen LogP contribution in [0.15, 0.2) is 40.6 Å². The van der Waals surface area contributed by atoms with Crippen LogP contribution >= 0.6 is 11.3 Å². The van der Waals surface area contributed by atoms with Gasteiger partial charge >= 0.3 is 0 Å². The topological polar surface area (TPSA) is 66.5 Å². The number of carbonyl (C=O) groups excluding carboxylic acids is 1. The average molecular weight is 377 g/mol. The van der Waals surface area contributed by atoms with Gasteiger partial charge in [-0.3, -0.25) is 4.79 Å². The number of thiophene rings is 1. The molecule has 1 aromatic carbocycles. The number of nitrogens with one attached hydrogen (secondary N) is 1. The Labute approximate surface area is 151 Å². The Hall–Kier alpha value is -1.70. The van der Waals surface area contributed by atoms with Gasteiger partial charge in [0.1, 0.15) is 0 Å². The number of fused-ring (bicyclic) bond motifs is 1. The Bertz CT molecular complexity index is 899. The van der Waals surface area contributed by atoms with Crippen LogP contribution in [0, 0.1) is 0 Å². The van der Waals surface area contributed by atoms with E-state index in [-0.39, 0.29) is 22.9 Å². The van der Waals surface area contributed by atoms with Gasteiger partial charge in [-0.1, -0.05) is 0 Å². The van der Waals surface area contributed by atoms with Gasteiger partial charge in [0, 0.05) is 23.0 Å². The summed E-state index contributed by atoms with van der Waals surface area (Å²) in [5.41, 5.74) is 1.74. The number of amides is 1. The fourth-order valence-electron chi connectivity index (χ4n) is 3.22. The van der Waals surface area contributed by atoms with Crippen molar-refractivity contribution in [1.29, 1.82) is 0 Å². The highest BCUT2D eigenvalue weighted by Crippen LogP contribution is 2.33. The first-order chi connectivity index (χ1) is 12.0. The normalized spacial score (nSPS) is 20.4. The lowest BCUT2D eigenvalue weighted by atomic mass is 10.0. The maximum absolute atomic E-state index is 12.9. The van der Waals surface area contributed by atoms with Gasteiger partial charge < -0.3 is 4.90 Å². The van der Waals surface area contributed by atoms with Crippen molar-refractivity contribution in [3.05, 3.63) is 51.7 Å². The van der Waals surface area contributed by atoms with Crippen LogP contribution in [-0.4, -0.2) is 31.8 Å². The van der Waals surface area contributed by atoms with Crippen molar-refractivity contribution in [3.63, 3.8) is 0 Å². The molecule has 1 fully saturated rings. The molecular weight excluding hydrogens is 356 g/mol. The molecule has 2 aliphatic rings. The van der Waals surface area contributed by atoms with E-state index in [0.717, 1.165) is 19.3 Å². The van der Waals surface area contributed by atoms with Crippen molar-refractivity contribution < 1.29 is 13.2 Å². The molecule has 25 heavy (non-hydrogen) atoms. The molecular formula is C18H20N2O3S2. The highest BCUT2D eigenvalue weighted by molar-refractivity contribution is 7.89. The molecule has 2 heterocycles. The van der Waals surface area contributed by atoms with Crippen molar-refractivity contribution in [2.24, 2.45) is 0 Å². The highest BCUT2D eigenvalue weighted by atomic mass is 32.2. The lowest BCUT2D eigenvalue weighted by molar-refractivity contribution is 0.0679. The first-order valence-electron chi connectivity index (χ1n) is 8.45. The lowest BCUT2D eigenvalue weighted by Crippen LogP contribution is -2.38. The Balaban J connectivity index is 1.53. The maximum atomic E-state index is 12.9. The summed E-state index contributed by atoms with van der Waals surface area (Å²) in [4.78, 5) is 16.3. The van der Waals surface area contributed by atoms with Crippen LogP contribution in [-0.2, 0) is 16.4 Å². The minimum Gasteiger partial charge on any atom is -0.331 e. The third-order valence-corrected chi connectivity index (χ3v) is 7.38. The Morgan fingerprint density at radius 2 is 1.92 bits per heavy atom. The number of nitrogens with zero attached hydrogens (tertiary/aromatic N) is 1. The molecule has 1 aliphatic heterocycles. The second-order valence-corrected chi connectivity index (χ2v) is 9.36. The van der Waals surface area contributed by atoms with Crippen LogP contribution in [0.2, 0.25) is 0 Å². The van der Waals surface area contributed by atoms with Gasteiger partial charge in [-0.25, -0.2) is 13.1 Å². The number of benzene rings is 1. The molecule has 1 aliphatic carbocycles. The number of hydrogen-bond donors (Lipinski definition) is 1. The molecule has 2 aromatic rings. The van der Waals surface area contributed by atoms with Crippen LogP contribution in [0.25, 0.3) is 0 Å². The number of sulfonamides is 1. The zero-order valence-corrected chi connectivity index (χ0v) is 15.6. The third-order valence-electron chi connectivity index (χ3n) is 4.85. The van der Waals surface area contributed by atoms with Crippen LogP contribution in [0.3, 0.4) is 0 Å². The van der Waals surface area contributed by atoms with E-state index in [1.807, 2.05) is 11.8 Å². The largest absolute Gasteiger partial charge is 0.331 e. The second kappa shape index (κ2) is 6.23. The van der Waals surface area contributed by atoms with Gasteiger partial charge in [0.05, 0.1) is 10.9 Å². The molecule has 1 atom stereocenters. The molecule has 1 aromatic heterocycles. The predicted molar refractivity (Wildman–Crippen MR) is 97.3 cm³/mol. The van der Waals surface area contributed by atoms with Gasteiger partial charge in [-0.15, -0.1) is 11.3 Å². The van der Waals surface area contributed by atoms with E-state index in [1.54, 1.807) is 23.5 Å². The van der Waals surface area contributed by atoms with Crippen molar-refractivity contribution in [3.8, 4) is 0 Å². The number of carbonyl (C=O) groups is 1.